The molecule has 1 heterocycles. The molecule has 152 valence electrons. The first-order valence-corrected chi connectivity index (χ1v) is 10.3. The average Bonchev–Trinajstić information content (AvgIpc) is 2.78. The number of hydrogen-bond donors (Lipinski definition) is 1. The summed E-state index contributed by atoms with van der Waals surface area (Å²) in [5, 5.41) is 3.07. The molecule has 0 aromatic heterocycles. The molecular formula is C25H22FNO3. The monoisotopic (exact) mass is 403 g/mol. The van der Waals surface area contributed by atoms with Crippen LogP contribution in [-0.4, -0.2) is 17.3 Å². The zero-order chi connectivity index (χ0) is 21.4. The van der Waals surface area contributed by atoms with Gasteiger partial charge in [0, 0.05) is 45.9 Å². The van der Waals surface area contributed by atoms with E-state index in [1.165, 1.54) is 6.07 Å². The second kappa shape index (κ2) is 7.82. The van der Waals surface area contributed by atoms with Gasteiger partial charge in [-0.15, -0.1) is 0 Å². The van der Waals surface area contributed by atoms with E-state index in [-0.39, 0.29) is 34.2 Å². The van der Waals surface area contributed by atoms with E-state index in [4.69, 9.17) is 0 Å². The summed E-state index contributed by atoms with van der Waals surface area (Å²) in [6.07, 6.45) is 1.61. The Labute approximate surface area is 174 Å². The molecule has 0 saturated heterocycles. The number of Topliss-reactive ketones (excluding diaryl/α,β-unsaturated/α-hetero) is 3. The summed E-state index contributed by atoms with van der Waals surface area (Å²) in [6, 6.07) is 12.8. The Hall–Kier alpha value is -3.34. The van der Waals surface area contributed by atoms with Crippen LogP contribution in [0.2, 0.25) is 0 Å². The summed E-state index contributed by atoms with van der Waals surface area (Å²) in [7, 11) is 0. The Balaban J connectivity index is 0.00000106. The van der Waals surface area contributed by atoms with Gasteiger partial charge in [0.15, 0.2) is 11.6 Å². The number of rotatable bonds is 1. The van der Waals surface area contributed by atoms with Crippen LogP contribution in [0.4, 0.5) is 4.39 Å². The molecular weight excluding hydrogens is 381 g/mol. The lowest BCUT2D eigenvalue weighted by molar-refractivity contribution is -0.116. The van der Waals surface area contributed by atoms with Gasteiger partial charge in [-0.2, -0.15) is 0 Å². The Morgan fingerprint density at radius 2 is 1.47 bits per heavy atom. The first kappa shape index (κ1) is 20.0. The molecule has 5 rings (SSSR count). The first-order chi connectivity index (χ1) is 14.6. The second-order valence-corrected chi connectivity index (χ2v) is 7.24. The molecule has 5 heteroatoms. The van der Waals surface area contributed by atoms with Crippen molar-refractivity contribution in [3.63, 3.8) is 0 Å². The highest BCUT2D eigenvalue weighted by Gasteiger charge is 2.45. The van der Waals surface area contributed by atoms with Gasteiger partial charge < -0.3 is 5.32 Å². The molecule has 1 atom stereocenters. The third kappa shape index (κ3) is 2.93. The van der Waals surface area contributed by atoms with Crippen molar-refractivity contribution in [2.45, 2.75) is 39.0 Å². The van der Waals surface area contributed by atoms with Gasteiger partial charge in [-0.3, -0.25) is 14.4 Å². The third-order valence-corrected chi connectivity index (χ3v) is 5.68. The van der Waals surface area contributed by atoms with Crippen molar-refractivity contribution in [2.24, 2.45) is 0 Å². The highest BCUT2D eigenvalue weighted by Crippen LogP contribution is 2.46. The zero-order valence-electron chi connectivity index (χ0n) is 16.9. The predicted octanol–water partition coefficient (Wildman–Crippen LogP) is 4.88. The fourth-order valence-electron chi connectivity index (χ4n) is 4.44. The number of ketones is 3. The molecule has 1 aliphatic heterocycles. The van der Waals surface area contributed by atoms with Crippen LogP contribution in [0.1, 0.15) is 65.3 Å². The van der Waals surface area contributed by atoms with Crippen molar-refractivity contribution in [3.05, 3.63) is 93.6 Å². The number of allylic oxidation sites excluding steroid dienone is 4. The van der Waals surface area contributed by atoms with Crippen LogP contribution in [0.5, 0.6) is 0 Å². The largest absolute Gasteiger partial charge is 0.355 e. The predicted molar refractivity (Wildman–Crippen MR) is 112 cm³/mol. The standard InChI is InChI=1S/C23H16FNO3.C2H6/c24-15-9-4-3-8-14(15)18-19-16(10-5-11-17(19)26)25-21-20(18)22(27)12-6-1-2-7-13(12)23(21)28;1-2/h1-4,6-9,18,25H,5,10-11H2;1-2H3. The average molecular weight is 403 g/mol. The third-order valence-electron chi connectivity index (χ3n) is 5.68. The highest BCUT2D eigenvalue weighted by atomic mass is 19.1. The molecule has 0 radical (unpaired) electrons. The van der Waals surface area contributed by atoms with Crippen LogP contribution in [0.25, 0.3) is 0 Å². The summed E-state index contributed by atoms with van der Waals surface area (Å²) in [5.41, 5.74) is 2.26. The summed E-state index contributed by atoms with van der Waals surface area (Å²) in [4.78, 5) is 39.3. The van der Waals surface area contributed by atoms with Gasteiger partial charge in [0.25, 0.3) is 0 Å². The minimum Gasteiger partial charge on any atom is -0.355 e. The van der Waals surface area contributed by atoms with E-state index < -0.39 is 11.7 Å². The number of hydrogen-bond acceptors (Lipinski definition) is 4. The van der Waals surface area contributed by atoms with Crippen molar-refractivity contribution in [1.29, 1.82) is 0 Å². The first-order valence-electron chi connectivity index (χ1n) is 10.3. The number of dihydropyridines is 1. The molecule has 0 amide bonds. The lowest BCUT2D eigenvalue weighted by Crippen LogP contribution is -2.40. The molecule has 0 spiro atoms. The zero-order valence-corrected chi connectivity index (χ0v) is 16.9. The van der Waals surface area contributed by atoms with Crippen molar-refractivity contribution in [1.82, 2.24) is 5.32 Å². The van der Waals surface area contributed by atoms with Crippen LogP contribution in [0, 0.1) is 5.82 Å². The molecule has 30 heavy (non-hydrogen) atoms. The molecule has 1 N–H and O–H groups in total. The number of carbonyl (C=O) groups is 3. The Morgan fingerprint density at radius 3 is 2.17 bits per heavy atom. The minimum atomic E-state index is -0.870. The van der Waals surface area contributed by atoms with E-state index in [0.29, 0.717) is 41.7 Å². The van der Waals surface area contributed by atoms with Gasteiger partial charge in [-0.1, -0.05) is 56.3 Å². The molecule has 0 fully saturated rings. The fourth-order valence-corrected chi connectivity index (χ4v) is 4.44. The SMILES string of the molecule is CC.O=C1CCCC2=C1C(c1ccccc1F)C1=C(N2)C(=O)c2ccccc2C1=O. The maximum absolute atomic E-state index is 14.8. The molecule has 2 aromatic rings. The quantitative estimate of drug-likeness (QED) is 0.737. The molecule has 0 saturated carbocycles. The number of benzene rings is 2. The maximum Gasteiger partial charge on any atom is 0.210 e. The van der Waals surface area contributed by atoms with Gasteiger partial charge in [-0.25, -0.2) is 4.39 Å². The van der Waals surface area contributed by atoms with Crippen molar-refractivity contribution in [3.8, 4) is 0 Å². The molecule has 1 unspecified atom stereocenters. The van der Waals surface area contributed by atoms with Gasteiger partial charge in [0.1, 0.15) is 5.82 Å². The van der Waals surface area contributed by atoms with Crippen LogP contribution in [0.3, 0.4) is 0 Å². The molecule has 2 aliphatic carbocycles. The van der Waals surface area contributed by atoms with Gasteiger partial charge in [0.05, 0.1) is 5.70 Å². The fraction of sp³-hybridized carbons (Fsp3) is 0.240. The normalized spacial score (nSPS) is 20.0. The summed E-state index contributed by atoms with van der Waals surface area (Å²) >= 11 is 0. The van der Waals surface area contributed by atoms with E-state index in [1.54, 1.807) is 42.5 Å². The topological polar surface area (TPSA) is 63.2 Å². The van der Waals surface area contributed by atoms with Gasteiger partial charge >= 0.3 is 0 Å². The van der Waals surface area contributed by atoms with E-state index >= 15 is 0 Å². The lowest BCUT2D eigenvalue weighted by atomic mass is 9.70. The Kier molecular flexibility index (Phi) is 5.20. The van der Waals surface area contributed by atoms with Crippen LogP contribution in [0.15, 0.2) is 71.1 Å². The lowest BCUT2D eigenvalue weighted by Gasteiger charge is -2.36. The second-order valence-electron chi connectivity index (χ2n) is 7.24. The van der Waals surface area contributed by atoms with Gasteiger partial charge in [-0.05, 0) is 18.9 Å². The number of halogens is 1. The summed E-state index contributed by atoms with van der Waals surface area (Å²) in [5.74, 6) is -2.10. The van der Waals surface area contributed by atoms with Crippen LogP contribution >= 0.6 is 0 Å². The van der Waals surface area contributed by atoms with Crippen molar-refractivity contribution < 1.29 is 18.8 Å². The molecule has 0 bridgehead atoms. The molecule has 4 nitrogen and oxygen atoms in total. The maximum atomic E-state index is 14.8. The van der Waals surface area contributed by atoms with Crippen LogP contribution < -0.4 is 5.32 Å². The summed E-state index contributed by atoms with van der Waals surface area (Å²) < 4.78 is 14.8. The van der Waals surface area contributed by atoms with E-state index in [9.17, 15) is 18.8 Å². The van der Waals surface area contributed by atoms with E-state index in [1.807, 2.05) is 13.8 Å². The van der Waals surface area contributed by atoms with E-state index in [0.717, 1.165) is 0 Å². The van der Waals surface area contributed by atoms with Crippen molar-refractivity contribution in [2.75, 3.05) is 0 Å². The Morgan fingerprint density at radius 1 is 0.833 bits per heavy atom. The molecule has 3 aliphatic rings. The Bertz CT molecular complexity index is 1140. The number of nitrogens with one attached hydrogen (secondary N) is 1. The minimum absolute atomic E-state index is 0.104. The number of fused-ring (bicyclic) bond motifs is 1. The van der Waals surface area contributed by atoms with Crippen LogP contribution in [-0.2, 0) is 4.79 Å². The smallest absolute Gasteiger partial charge is 0.210 e. The summed E-state index contributed by atoms with van der Waals surface area (Å²) in [6.45, 7) is 4.00. The van der Waals surface area contributed by atoms with Gasteiger partial charge in [0.2, 0.25) is 5.78 Å². The van der Waals surface area contributed by atoms with E-state index in [2.05, 4.69) is 5.32 Å². The highest BCUT2D eigenvalue weighted by molar-refractivity contribution is 6.28. The van der Waals surface area contributed by atoms with Crippen molar-refractivity contribution >= 4 is 17.3 Å². The molecule has 2 aromatic carbocycles. The number of carbonyl (C=O) groups excluding carboxylic acids is 3.